The van der Waals surface area contributed by atoms with Crippen molar-refractivity contribution in [1.82, 2.24) is 34.9 Å². The molecule has 4 atom stereocenters. The number of likely N-dealkylation sites (tertiary alicyclic amines) is 1. The normalized spacial score (nSPS) is 20.3. The number of halogens is 1. The number of amides is 3. The van der Waals surface area contributed by atoms with Gasteiger partial charge in [-0.2, -0.15) is 5.10 Å². The number of allylic oxidation sites excluding steroid dienone is 1. The second kappa shape index (κ2) is 15.7. The highest BCUT2D eigenvalue weighted by molar-refractivity contribution is 9.10. The molecule has 6 rings (SSSR count). The molecule has 0 bridgehead atoms. The van der Waals surface area contributed by atoms with Gasteiger partial charge >= 0.3 is 0 Å². The molecule has 13 heteroatoms. The Morgan fingerprint density at radius 2 is 1.85 bits per heavy atom. The first-order chi connectivity index (χ1) is 25.4. The van der Waals surface area contributed by atoms with Crippen molar-refractivity contribution in [3.05, 3.63) is 76.6 Å². The molecule has 0 radical (unpaired) electrons. The molecule has 0 spiro atoms. The van der Waals surface area contributed by atoms with Crippen LogP contribution in [0.15, 0.2) is 53.9 Å². The molecule has 1 unspecified atom stereocenters. The number of nitrogens with one attached hydrogen (secondary N) is 2. The molecular weight excluding hydrogens is 736 g/mol. The van der Waals surface area contributed by atoms with Crippen molar-refractivity contribution in [3.8, 4) is 11.1 Å². The van der Waals surface area contributed by atoms with E-state index < -0.39 is 11.5 Å². The van der Waals surface area contributed by atoms with Gasteiger partial charge < -0.3 is 15.5 Å². The first kappa shape index (κ1) is 38.0. The van der Waals surface area contributed by atoms with E-state index in [1.807, 2.05) is 26.0 Å². The Hall–Kier alpha value is -4.78. The van der Waals surface area contributed by atoms with Crippen LogP contribution < -0.4 is 10.6 Å². The van der Waals surface area contributed by atoms with Gasteiger partial charge in [0, 0.05) is 54.7 Å². The van der Waals surface area contributed by atoms with E-state index in [2.05, 4.69) is 68.0 Å². The minimum atomic E-state index is -0.802. The van der Waals surface area contributed by atoms with Crippen molar-refractivity contribution in [3.63, 3.8) is 0 Å². The number of fused-ring (bicyclic) bond motifs is 2. The molecule has 2 N–H and O–H groups in total. The van der Waals surface area contributed by atoms with Crippen LogP contribution in [0.25, 0.3) is 22.0 Å². The minimum Gasteiger partial charge on any atom is -0.355 e. The van der Waals surface area contributed by atoms with Crippen molar-refractivity contribution in [1.29, 1.82) is 0 Å². The lowest BCUT2D eigenvalue weighted by atomic mass is 9.95. The van der Waals surface area contributed by atoms with Gasteiger partial charge in [0.2, 0.25) is 17.7 Å². The summed E-state index contributed by atoms with van der Waals surface area (Å²) in [6.07, 6.45) is 10.1. The number of Topliss-reactive ketones (excluding diaryl/α,β-unsaturated/α-hetero) is 1. The van der Waals surface area contributed by atoms with Crippen LogP contribution in [0.5, 0.6) is 0 Å². The van der Waals surface area contributed by atoms with Crippen LogP contribution in [0, 0.1) is 25.2 Å². The van der Waals surface area contributed by atoms with Gasteiger partial charge in [0.1, 0.15) is 34.5 Å². The van der Waals surface area contributed by atoms with Crippen LogP contribution in [-0.4, -0.2) is 71.8 Å². The lowest BCUT2D eigenvalue weighted by Crippen LogP contribution is -2.47. The van der Waals surface area contributed by atoms with Crippen LogP contribution in [0.3, 0.4) is 0 Å². The fraction of sp³-hybridized carbons (Fsp3) is 0.450. The van der Waals surface area contributed by atoms with Crippen molar-refractivity contribution in [2.75, 3.05) is 11.9 Å². The van der Waals surface area contributed by atoms with Crippen molar-refractivity contribution < 1.29 is 19.2 Å². The molecule has 4 aromatic rings. The number of aromatic nitrogens is 5. The van der Waals surface area contributed by atoms with Gasteiger partial charge in [-0.15, -0.1) is 6.58 Å². The zero-order chi connectivity index (χ0) is 38.0. The molecule has 1 aliphatic heterocycles. The Bertz CT molecular complexity index is 2080. The number of rotatable bonds is 15. The molecular formula is C40H47BrN8O4. The Morgan fingerprint density at radius 1 is 1.09 bits per heavy atom. The summed E-state index contributed by atoms with van der Waals surface area (Å²) in [5.41, 5.74) is 3.99. The molecule has 4 heterocycles. The average molecular weight is 784 g/mol. The van der Waals surface area contributed by atoms with Crippen LogP contribution in [0.4, 0.5) is 5.82 Å². The van der Waals surface area contributed by atoms with Crippen molar-refractivity contribution >= 4 is 56.2 Å². The number of hydrogen-bond acceptors (Lipinski definition) is 8. The van der Waals surface area contributed by atoms with Crippen molar-refractivity contribution in [2.45, 2.75) is 98.2 Å². The summed E-state index contributed by atoms with van der Waals surface area (Å²) in [6.45, 7) is 13.3. The molecule has 1 saturated carbocycles. The molecule has 278 valence electrons. The Morgan fingerprint density at radius 3 is 2.55 bits per heavy atom. The van der Waals surface area contributed by atoms with Gasteiger partial charge in [-0.25, -0.2) is 15.0 Å². The molecule has 1 aromatic carbocycles. The van der Waals surface area contributed by atoms with Gasteiger partial charge in [-0.3, -0.25) is 23.9 Å². The SMILES string of the molecule is C=CCCCC(=O)NC[C@@]12C[C@@H](C(=O)Nc3nc(Br)ccc3C)N(C(=O)Cn3nc(C(C)=O)c4cc(-c5cnc(C)nc5)cc(CCCC)c43)C1[C@@H]2C. The number of pyridine rings is 1. The number of anilines is 1. The van der Waals surface area contributed by atoms with Crippen LogP contribution in [0.2, 0.25) is 0 Å². The minimum absolute atomic E-state index is 0.0521. The lowest BCUT2D eigenvalue weighted by Gasteiger charge is -2.28. The highest BCUT2D eigenvalue weighted by Crippen LogP contribution is 2.64. The number of aryl methyl sites for hydroxylation is 3. The third kappa shape index (κ3) is 7.67. The number of carbonyl (C=O) groups is 4. The number of benzene rings is 1. The first-order valence-corrected chi connectivity index (χ1v) is 19.1. The van der Waals surface area contributed by atoms with Gasteiger partial charge in [0.05, 0.1) is 5.52 Å². The fourth-order valence-corrected chi connectivity index (χ4v) is 8.19. The zero-order valence-corrected chi connectivity index (χ0v) is 32.6. The summed E-state index contributed by atoms with van der Waals surface area (Å²) in [6, 6.07) is 6.59. The van der Waals surface area contributed by atoms with Gasteiger partial charge in [-0.05, 0) is 103 Å². The summed E-state index contributed by atoms with van der Waals surface area (Å²) < 4.78 is 2.21. The van der Waals surface area contributed by atoms with E-state index >= 15 is 0 Å². The topological polar surface area (TPSA) is 152 Å². The maximum absolute atomic E-state index is 14.7. The molecule has 12 nitrogen and oxygen atoms in total. The smallest absolute Gasteiger partial charge is 0.248 e. The van der Waals surface area contributed by atoms with E-state index in [0.717, 1.165) is 47.0 Å². The van der Waals surface area contributed by atoms with E-state index in [9.17, 15) is 19.2 Å². The third-order valence-electron chi connectivity index (χ3n) is 10.8. The Kier molecular flexibility index (Phi) is 11.2. The van der Waals surface area contributed by atoms with E-state index in [4.69, 9.17) is 5.10 Å². The van der Waals surface area contributed by atoms with Gasteiger partial charge in [0.15, 0.2) is 5.78 Å². The monoisotopic (exact) mass is 782 g/mol. The van der Waals surface area contributed by atoms with Crippen molar-refractivity contribution in [2.24, 2.45) is 11.3 Å². The van der Waals surface area contributed by atoms with Gasteiger partial charge in [0.25, 0.3) is 0 Å². The largest absolute Gasteiger partial charge is 0.355 e. The number of hydrogen-bond donors (Lipinski definition) is 2. The molecule has 3 aromatic heterocycles. The van der Waals surface area contributed by atoms with Crippen LogP contribution in [-0.2, 0) is 27.3 Å². The maximum atomic E-state index is 14.7. The molecule has 53 heavy (non-hydrogen) atoms. The molecule has 1 saturated heterocycles. The van der Waals surface area contributed by atoms with E-state index in [-0.39, 0.29) is 47.7 Å². The van der Waals surface area contributed by atoms with E-state index in [1.165, 1.54) is 6.92 Å². The fourth-order valence-electron chi connectivity index (χ4n) is 7.88. The Balaban J connectivity index is 1.36. The number of carbonyl (C=O) groups excluding carboxylic acids is 4. The summed E-state index contributed by atoms with van der Waals surface area (Å²) in [4.78, 5) is 69.5. The third-order valence-corrected chi connectivity index (χ3v) is 11.3. The van der Waals surface area contributed by atoms with Gasteiger partial charge in [-0.1, -0.05) is 32.4 Å². The summed E-state index contributed by atoms with van der Waals surface area (Å²) in [5.74, 6) is 0.226. The average Bonchev–Trinajstić information content (AvgIpc) is 3.39. The highest BCUT2D eigenvalue weighted by atomic mass is 79.9. The van der Waals surface area contributed by atoms with E-state index in [0.29, 0.717) is 53.9 Å². The second-order valence-electron chi connectivity index (χ2n) is 14.5. The molecule has 2 fully saturated rings. The highest BCUT2D eigenvalue weighted by Gasteiger charge is 2.72. The number of nitrogens with zero attached hydrogens (tertiary/aromatic N) is 6. The van der Waals surface area contributed by atoms with E-state index in [1.54, 1.807) is 34.1 Å². The number of unbranched alkanes of at least 4 members (excludes halogenated alkanes) is 2. The van der Waals surface area contributed by atoms with Crippen LogP contribution in [0.1, 0.15) is 86.7 Å². The standard InChI is InChI=1S/C40H47BrN8O4/c1-7-9-11-13-33(51)44-22-40-18-31(39(53)46-38-23(3)14-15-32(41)45-38)49(37(40)24(40)4)34(52)21-48-36-27(12-10-8-2)16-28(29-19-42-26(6)43-20-29)17-30(36)35(47-48)25(5)50/h7,14-17,19-20,24,31,37H,1,8-13,18,21-22H2,2-6H3,(H,44,51)(H,45,46,53)/t24-,31-,37?,40+/m0/s1. The summed E-state index contributed by atoms with van der Waals surface area (Å²) in [5, 5.41) is 11.5. The molecule has 3 amide bonds. The maximum Gasteiger partial charge on any atom is 0.248 e. The molecule has 1 aliphatic carbocycles. The number of piperidine rings is 1. The Labute approximate surface area is 318 Å². The first-order valence-electron chi connectivity index (χ1n) is 18.3. The molecule has 2 aliphatic rings. The summed E-state index contributed by atoms with van der Waals surface area (Å²) >= 11 is 3.39. The second-order valence-corrected chi connectivity index (χ2v) is 15.3. The lowest BCUT2D eigenvalue weighted by molar-refractivity contribution is -0.139. The predicted octanol–water partition coefficient (Wildman–Crippen LogP) is 6.53. The number of ketones is 1. The zero-order valence-electron chi connectivity index (χ0n) is 31.0. The summed E-state index contributed by atoms with van der Waals surface area (Å²) in [7, 11) is 0. The van der Waals surface area contributed by atoms with Crippen LogP contribution >= 0.6 is 15.9 Å². The quantitative estimate of drug-likeness (QED) is 0.0598. The predicted molar refractivity (Wildman–Crippen MR) is 207 cm³/mol.